The maximum atomic E-state index is 10.3. The van der Waals surface area contributed by atoms with Gasteiger partial charge in [-0.1, -0.05) is 13.3 Å². The van der Waals surface area contributed by atoms with Crippen LogP contribution in [0.25, 0.3) is 0 Å². The predicted octanol–water partition coefficient (Wildman–Crippen LogP) is 2.19. The van der Waals surface area contributed by atoms with Crippen LogP contribution in [0.3, 0.4) is 0 Å². The third-order valence-electron chi connectivity index (χ3n) is 2.35. The van der Waals surface area contributed by atoms with Crippen molar-refractivity contribution in [2.24, 2.45) is 0 Å². The number of rotatable bonds is 12. The van der Waals surface area contributed by atoms with E-state index in [1.54, 1.807) is 0 Å². The van der Waals surface area contributed by atoms with Crippen LogP contribution < -0.4 is 0 Å². The molecule has 104 valence electrons. The maximum Gasteiger partial charge on any atom is 0.111 e. The first-order chi connectivity index (χ1) is 8.18. The van der Waals surface area contributed by atoms with E-state index in [9.17, 15) is 5.11 Å². The van der Waals surface area contributed by atoms with Gasteiger partial charge < -0.3 is 14.6 Å². The van der Waals surface area contributed by atoms with Gasteiger partial charge in [0.25, 0.3) is 0 Å². The predicted molar refractivity (Wildman–Crippen MR) is 78.4 cm³/mol. The molecule has 0 fully saturated rings. The normalized spacial score (nSPS) is 12.0. The lowest BCUT2D eigenvalue weighted by atomic mass is 10.0. The summed E-state index contributed by atoms with van der Waals surface area (Å²) in [7, 11) is 0. The van der Waals surface area contributed by atoms with Crippen molar-refractivity contribution in [1.82, 2.24) is 0 Å². The smallest absolute Gasteiger partial charge is 0.111 e. The van der Waals surface area contributed by atoms with Gasteiger partial charge in [0.1, 0.15) is 5.60 Å². The molecule has 3 nitrogen and oxygen atoms in total. The van der Waals surface area contributed by atoms with Crippen molar-refractivity contribution < 1.29 is 14.6 Å². The first kappa shape index (κ1) is 17.6. The van der Waals surface area contributed by atoms with E-state index >= 15 is 0 Å². The van der Waals surface area contributed by atoms with Gasteiger partial charge in [-0.15, -0.1) is 0 Å². The number of thiol groups is 2. The number of ether oxygens (including phenoxy) is 2. The van der Waals surface area contributed by atoms with Crippen LogP contribution in [-0.4, -0.2) is 48.6 Å². The summed E-state index contributed by atoms with van der Waals surface area (Å²) in [6.07, 6.45) is 3.44. The topological polar surface area (TPSA) is 38.7 Å². The van der Waals surface area contributed by atoms with Crippen molar-refractivity contribution in [2.45, 2.75) is 38.2 Å². The van der Waals surface area contributed by atoms with E-state index in [-0.39, 0.29) is 0 Å². The highest BCUT2D eigenvalue weighted by Crippen LogP contribution is 2.14. The lowest BCUT2D eigenvalue weighted by molar-refractivity contribution is -0.0998. The van der Waals surface area contributed by atoms with Gasteiger partial charge in [-0.3, -0.25) is 0 Å². The molecule has 0 aromatic rings. The molecule has 0 spiro atoms. The summed E-state index contributed by atoms with van der Waals surface area (Å²) in [6.45, 7) is 4.02. The fourth-order valence-corrected chi connectivity index (χ4v) is 1.77. The van der Waals surface area contributed by atoms with E-state index in [2.05, 4.69) is 25.3 Å². The first-order valence-corrected chi connectivity index (χ1v) is 7.54. The summed E-state index contributed by atoms with van der Waals surface area (Å²) >= 11 is 8.23. The summed E-state index contributed by atoms with van der Waals surface area (Å²) < 4.78 is 10.9. The molecule has 17 heavy (non-hydrogen) atoms. The second-order valence-electron chi connectivity index (χ2n) is 4.23. The van der Waals surface area contributed by atoms with E-state index < -0.39 is 5.60 Å². The molecule has 0 aliphatic heterocycles. The lowest BCUT2D eigenvalue weighted by Gasteiger charge is -2.27. The third kappa shape index (κ3) is 10.2. The van der Waals surface area contributed by atoms with E-state index in [0.717, 1.165) is 30.8 Å². The summed E-state index contributed by atoms with van der Waals surface area (Å²) in [5, 5.41) is 10.3. The highest BCUT2D eigenvalue weighted by molar-refractivity contribution is 7.80. The molecule has 0 aromatic heterocycles. The molecule has 0 saturated heterocycles. The molecule has 0 heterocycles. The molecular weight excluding hydrogens is 256 g/mol. The van der Waals surface area contributed by atoms with Crippen LogP contribution in [0, 0.1) is 0 Å². The molecule has 0 aliphatic rings. The number of hydrogen-bond acceptors (Lipinski definition) is 5. The molecule has 0 amide bonds. The summed E-state index contributed by atoms with van der Waals surface area (Å²) in [6, 6.07) is 0. The van der Waals surface area contributed by atoms with Gasteiger partial charge in [0.15, 0.2) is 0 Å². The van der Waals surface area contributed by atoms with E-state index in [1.807, 2.05) is 6.92 Å². The quantitative estimate of drug-likeness (QED) is 0.379. The standard InChI is InChI=1S/C12H26O3S2/c1-2-5-12(13,10-14-6-3-8-16)11-15-7-4-9-17/h13,16-17H,2-11H2,1H3. The SMILES string of the molecule is CCCC(O)(COCCCS)COCCCS. The van der Waals surface area contributed by atoms with Gasteiger partial charge in [-0.05, 0) is 30.8 Å². The van der Waals surface area contributed by atoms with Gasteiger partial charge in [-0.2, -0.15) is 25.3 Å². The van der Waals surface area contributed by atoms with Gasteiger partial charge >= 0.3 is 0 Å². The van der Waals surface area contributed by atoms with Gasteiger partial charge in [0.05, 0.1) is 13.2 Å². The summed E-state index contributed by atoms with van der Waals surface area (Å²) in [5.41, 5.74) is -0.845. The largest absolute Gasteiger partial charge is 0.385 e. The van der Waals surface area contributed by atoms with Crippen molar-refractivity contribution in [3.63, 3.8) is 0 Å². The van der Waals surface area contributed by atoms with Gasteiger partial charge in [-0.25, -0.2) is 0 Å². The number of aliphatic hydroxyl groups is 1. The molecule has 0 bridgehead atoms. The van der Waals surface area contributed by atoms with Crippen LogP contribution in [0.5, 0.6) is 0 Å². The van der Waals surface area contributed by atoms with Crippen LogP contribution in [0.15, 0.2) is 0 Å². The Morgan fingerprint density at radius 2 is 1.47 bits per heavy atom. The first-order valence-electron chi connectivity index (χ1n) is 6.28. The zero-order chi connectivity index (χ0) is 13.0. The highest BCUT2D eigenvalue weighted by Gasteiger charge is 2.26. The summed E-state index contributed by atoms with van der Waals surface area (Å²) in [4.78, 5) is 0. The second kappa shape index (κ2) is 11.7. The monoisotopic (exact) mass is 282 g/mol. The zero-order valence-electron chi connectivity index (χ0n) is 10.7. The Labute approximate surface area is 116 Å². The highest BCUT2D eigenvalue weighted by atomic mass is 32.1. The fraction of sp³-hybridized carbons (Fsp3) is 1.00. The van der Waals surface area contributed by atoms with Crippen molar-refractivity contribution >= 4 is 25.3 Å². The summed E-state index contributed by atoms with van der Waals surface area (Å²) in [5.74, 6) is 1.62. The lowest BCUT2D eigenvalue weighted by Crippen LogP contribution is -2.40. The van der Waals surface area contributed by atoms with E-state index in [1.165, 1.54) is 0 Å². The average Bonchev–Trinajstić information content (AvgIpc) is 2.31. The molecule has 0 radical (unpaired) electrons. The molecule has 1 N–H and O–H groups in total. The molecule has 0 saturated carbocycles. The third-order valence-corrected chi connectivity index (χ3v) is 2.98. The molecular formula is C12H26O3S2. The average molecular weight is 282 g/mol. The van der Waals surface area contributed by atoms with Crippen molar-refractivity contribution in [3.8, 4) is 0 Å². The molecule has 0 rings (SSSR count). The van der Waals surface area contributed by atoms with Gasteiger partial charge in [0, 0.05) is 13.2 Å². The van der Waals surface area contributed by atoms with Crippen LogP contribution in [0.1, 0.15) is 32.6 Å². The van der Waals surface area contributed by atoms with Crippen LogP contribution in [0.4, 0.5) is 0 Å². The molecule has 0 aromatic carbocycles. The molecule has 0 aliphatic carbocycles. The van der Waals surface area contributed by atoms with Crippen molar-refractivity contribution in [2.75, 3.05) is 37.9 Å². The maximum absolute atomic E-state index is 10.3. The minimum absolute atomic E-state index is 0.343. The Kier molecular flexibility index (Phi) is 12.1. The second-order valence-corrected chi connectivity index (χ2v) is 5.13. The van der Waals surface area contributed by atoms with Crippen molar-refractivity contribution in [1.29, 1.82) is 0 Å². The molecule has 5 heteroatoms. The molecule has 0 atom stereocenters. The minimum Gasteiger partial charge on any atom is -0.385 e. The number of hydrogen-bond donors (Lipinski definition) is 3. The van der Waals surface area contributed by atoms with Crippen LogP contribution in [-0.2, 0) is 9.47 Å². The van der Waals surface area contributed by atoms with E-state index in [0.29, 0.717) is 32.8 Å². The Balaban J connectivity index is 3.80. The fourth-order valence-electron chi connectivity index (χ4n) is 1.51. The van der Waals surface area contributed by atoms with Gasteiger partial charge in [0.2, 0.25) is 0 Å². The Morgan fingerprint density at radius 3 is 1.82 bits per heavy atom. The zero-order valence-corrected chi connectivity index (χ0v) is 12.5. The Bertz CT molecular complexity index is 156. The van der Waals surface area contributed by atoms with Crippen LogP contribution in [0.2, 0.25) is 0 Å². The van der Waals surface area contributed by atoms with Crippen molar-refractivity contribution in [3.05, 3.63) is 0 Å². The Morgan fingerprint density at radius 1 is 1.00 bits per heavy atom. The van der Waals surface area contributed by atoms with E-state index in [4.69, 9.17) is 9.47 Å². The Hall–Kier alpha value is 0.580. The van der Waals surface area contributed by atoms with Crippen LogP contribution >= 0.6 is 25.3 Å². The molecule has 0 unspecified atom stereocenters. The minimum atomic E-state index is -0.845.